The molecule has 0 aliphatic carbocycles. The average molecular weight is 283 g/mol. The molecule has 20 heavy (non-hydrogen) atoms. The molecule has 1 rings (SSSR count). The fourth-order valence-corrected chi connectivity index (χ4v) is 1.65. The van der Waals surface area contributed by atoms with Crippen molar-refractivity contribution < 1.29 is 14.3 Å². The normalized spacial score (nSPS) is 11.9. The lowest BCUT2D eigenvalue weighted by Gasteiger charge is -2.23. The molecule has 1 aromatic carbocycles. The minimum atomic E-state index is -0.321. The summed E-state index contributed by atoms with van der Waals surface area (Å²) >= 11 is 0. The third-order valence-corrected chi connectivity index (χ3v) is 3.18. The summed E-state index contributed by atoms with van der Waals surface area (Å²) in [6, 6.07) is 4.29. The summed E-state index contributed by atoms with van der Waals surface area (Å²) in [5.74, 6) is -0.321. The minimum absolute atomic E-state index is 0.101. The fourth-order valence-electron chi connectivity index (χ4n) is 1.65. The smallest absolute Gasteiger partial charge is 0.317 e. The van der Waals surface area contributed by atoms with Gasteiger partial charge in [-0.2, -0.15) is 0 Å². The molecule has 2 N–H and O–H groups in total. The van der Waals surface area contributed by atoms with E-state index >= 15 is 0 Å². The van der Waals surface area contributed by atoms with E-state index in [9.17, 15) is 9.18 Å². The van der Waals surface area contributed by atoms with E-state index in [0.717, 1.165) is 0 Å². The van der Waals surface area contributed by atoms with Crippen molar-refractivity contribution in [3.8, 4) is 0 Å². The summed E-state index contributed by atoms with van der Waals surface area (Å²) in [6.07, 6.45) is 0. The zero-order valence-corrected chi connectivity index (χ0v) is 12.4. The second-order valence-corrected chi connectivity index (χ2v) is 4.98. The van der Waals surface area contributed by atoms with Gasteiger partial charge in [0.05, 0.1) is 18.3 Å². The van der Waals surface area contributed by atoms with Crippen molar-refractivity contribution in [2.75, 3.05) is 32.6 Å². The summed E-state index contributed by atoms with van der Waals surface area (Å²) in [7, 11) is 5.14. The number of nitrogens with zero attached hydrogens (tertiary/aromatic N) is 2. The van der Waals surface area contributed by atoms with E-state index in [0.29, 0.717) is 11.3 Å². The van der Waals surface area contributed by atoms with Crippen molar-refractivity contribution in [1.29, 1.82) is 0 Å². The zero-order chi connectivity index (χ0) is 15.3. The van der Waals surface area contributed by atoms with Crippen LogP contribution in [0, 0.1) is 5.82 Å². The number of benzene rings is 1. The van der Waals surface area contributed by atoms with Gasteiger partial charge in [-0.3, -0.25) is 0 Å². The zero-order valence-electron chi connectivity index (χ0n) is 12.4. The molecule has 6 heteroatoms. The second kappa shape index (κ2) is 7.09. The van der Waals surface area contributed by atoms with Gasteiger partial charge in [0.1, 0.15) is 5.82 Å². The first-order valence-corrected chi connectivity index (χ1v) is 6.44. The van der Waals surface area contributed by atoms with Crippen LogP contribution in [0.5, 0.6) is 0 Å². The van der Waals surface area contributed by atoms with Crippen molar-refractivity contribution in [2.45, 2.75) is 19.5 Å². The number of urea groups is 1. The van der Waals surface area contributed by atoms with Crippen LogP contribution in [-0.2, 0) is 6.54 Å². The van der Waals surface area contributed by atoms with Crippen LogP contribution in [0.1, 0.15) is 12.5 Å². The number of hydrogen-bond acceptors (Lipinski definition) is 3. The summed E-state index contributed by atoms with van der Waals surface area (Å²) < 4.78 is 13.8. The standard InChI is InChI=1S/C14H22FN3O2/c1-10(9-19)18(4)14(20)16-8-11-5-6-13(17(2)3)12(15)7-11/h5-7,10,19H,8-9H2,1-4H3,(H,16,20). The van der Waals surface area contributed by atoms with E-state index in [1.54, 1.807) is 45.1 Å². The molecule has 0 heterocycles. The van der Waals surface area contributed by atoms with E-state index < -0.39 is 0 Å². The predicted molar refractivity (Wildman–Crippen MR) is 77.3 cm³/mol. The van der Waals surface area contributed by atoms with Gasteiger partial charge in [0.25, 0.3) is 0 Å². The monoisotopic (exact) mass is 283 g/mol. The summed E-state index contributed by atoms with van der Waals surface area (Å²) in [4.78, 5) is 14.9. The lowest BCUT2D eigenvalue weighted by Crippen LogP contribution is -2.43. The Morgan fingerprint density at radius 3 is 2.55 bits per heavy atom. The number of anilines is 1. The van der Waals surface area contributed by atoms with Crippen LogP contribution in [0.25, 0.3) is 0 Å². The average Bonchev–Trinajstić information content (AvgIpc) is 2.42. The number of likely N-dealkylation sites (N-methyl/N-ethyl adjacent to an activating group) is 1. The number of amides is 2. The molecule has 0 bridgehead atoms. The number of aliphatic hydroxyl groups is 1. The Morgan fingerprint density at radius 2 is 2.05 bits per heavy atom. The topological polar surface area (TPSA) is 55.8 Å². The molecule has 1 unspecified atom stereocenters. The van der Waals surface area contributed by atoms with Gasteiger partial charge in [-0.1, -0.05) is 6.07 Å². The lowest BCUT2D eigenvalue weighted by atomic mass is 10.2. The molecule has 0 saturated carbocycles. The van der Waals surface area contributed by atoms with Gasteiger partial charge < -0.3 is 20.2 Å². The molecule has 0 aliphatic rings. The van der Waals surface area contributed by atoms with E-state index in [1.807, 2.05) is 0 Å². The van der Waals surface area contributed by atoms with Crippen molar-refractivity contribution in [2.24, 2.45) is 0 Å². The highest BCUT2D eigenvalue weighted by molar-refractivity contribution is 5.74. The highest BCUT2D eigenvalue weighted by Gasteiger charge is 2.14. The van der Waals surface area contributed by atoms with Gasteiger partial charge in [0.15, 0.2) is 0 Å². The third kappa shape index (κ3) is 4.09. The van der Waals surface area contributed by atoms with Crippen molar-refractivity contribution in [1.82, 2.24) is 10.2 Å². The molecule has 0 spiro atoms. The van der Waals surface area contributed by atoms with E-state index in [1.165, 1.54) is 11.0 Å². The third-order valence-electron chi connectivity index (χ3n) is 3.18. The Hall–Kier alpha value is -1.82. The molecule has 112 valence electrons. The Labute approximate surface area is 119 Å². The van der Waals surface area contributed by atoms with E-state index in [4.69, 9.17) is 5.11 Å². The minimum Gasteiger partial charge on any atom is -0.394 e. The maximum absolute atomic E-state index is 13.8. The number of carbonyl (C=O) groups is 1. The van der Waals surface area contributed by atoms with E-state index in [2.05, 4.69) is 5.32 Å². The SMILES string of the molecule is CC(CO)N(C)C(=O)NCc1ccc(N(C)C)c(F)c1. The lowest BCUT2D eigenvalue weighted by molar-refractivity contribution is 0.157. The summed E-state index contributed by atoms with van der Waals surface area (Å²) in [6.45, 7) is 1.88. The van der Waals surface area contributed by atoms with Gasteiger partial charge in [-0.25, -0.2) is 9.18 Å². The molecule has 1 atom stereocenters. The van der Waals surface area contributed by atoms with Gasteiger partial charge in [-0.05, 0) is 24.6 Å². The number of rotatable bonds is 5. The molecular formula is C14H22FN3O2. The van der Waals surface area contributed by atoms with Gasteiger partial charge in [-0.15, -0.1) is 0 Å². The van der Waals surface area contributed by atoms with Crippen LogP contribution >= 0.6 is 0 Å². The van der Waals surface area contributed by atoms with Crippen LogP contribution in [0.4, 0.5) is 14.9 Å². The maximum atomic E-state index is 13.8. The summed E-state index contributed by atoms with van der Waals surface area (Å²) in [5.41, 5.74) is 1.19. The fraction of sp³-hybridized carbons (Fsp3) is 0.500. The molecule has 0 aliphatic heterocycles. The van der Waals surface area contributed by atoms with Crippen LogP contribution in [0.15, 0.2) is 18.2 Å². The van der Waals surface area contributed by atoms with Crippen molar-refractivity contribution in [3.05, 3.63) is 29.6 Å². The molecule has 2 amide bonds. The van der Waals surface area contributed by atoms with Gasteiger partial charge >= 0.3 is 6.03 Å². The molecule has 0 saturated heterocycles. The van der Waals surface area contributed by atoms with Crippen molar-refractivity contribution in [3.63, 3.8) is 0 Å². The highest BCUT2D eigenvalue weighted by Crippen LogP contribution is 2.18. The summed E-state index contributed by atoms with van der Waals surface area (Å²) in [5, 5.41) is 11.7. The number of aliphatic hydroxyl groups excluding tert-OH is 1. The predicted octanol–water partition coefficient (Wildman–Crippen LogP) is 1.41. The Morgan fingerprint density at radius 1 is 1.40 bits per heavy atom. The Kier molecular flexibility index (Phi) is 5.76. The number of nitrogens with one attached hydrogen (secondary N) is 1. The number of hydrogen-bond donors (Lipinski definition) is 2. The Bertz CT molecular complexity index is 466. The molecule has 5 nitrogen and oxygen atoms in total. The molecule has 0 aromatic heterocycles. The largest absolute Gasteiger partial charge is 0.394 e. The Balaban J connectivity index is 2.62. The second-order valence-electron chi connectivity index (χ2n) is 4.98. The molecule has 1 aromatic rings. The molecule has 0 radical (unpaired) electrons. The van der Waals surface area contributed by atoms with Gasteiger partial charge in [0, 0.05) is 27.7 Å². The van der Waals surface area contributed by atoms with Crippen LogP contribution in [0.3, 0.4) is 0 Å². The quantitative estimate of drug-likeness (QED) is 0.859. The molecular weight excluding hydrogens is 261 g/mol. The van der Waals surface area contributed by atoms with Crippen LogP contribution in [-0.4, -0.2) is 49.8 Å². The van der Waals surface area contributed by atoms with E-state index in [-0.39, 0.29) is 31.0 Å². The first-order chi connectivity index (χ1) is 9.36. The van der Waals surface area contributed by atoms with Gasteiger partial charge in [0.2, 0.25) is 0 Å². The first-order valence-electron chi connectivity index (χ1n) is 6.44. The van der Waals surface area contributed by atoms with Crippen LogP contribution < -0.4 is 10.2 Å². The number of carbonyl (C=O) groups excluding carboxylic acids is 1. The maximum Gasteiger partial charge on any atom is 0.317 e. The van der Waals surface area contributed by atoms with Crippen molar-refractivity contribution >= 4 is 11.7 Å². The number of halogens is 1. The first kappa shape index (κ1) is 16.2. The van der Waals surface area contributed by atoms with Crippen LogP contribution in [0.2, 0.25) is 0 Å². The highest BCUT2D eigenvalue weighted by atomic mass is 19.1. The molecule has 0 fully saturated rings.